The van der Waals surface area contributed by atoms with Crippen molar-refractivity contribution in [2.45, 2.75) is 13.8 Å². The molecule has 0 aliphatic carbocycles. The molecule has 22 heavy (non-hydrogen) atoms. The molecule has 2 N–H and O–H groups in total. The number of carbonyl (C=O) groups is 2. The lowest BCUT2D eigenvalue weighted by atomic mass is 10.1. The molecule has 2 rings (SSSR count). The summed E-state index contributed by atoms with van der Waals surface area (Å²) in [5.41, 5.74) is 3.29. The van der Waals surface area contributed by atoms with E-state index in [2.05, 4.69) is 10.6 Å². The predicted octanol–water partition coefficient (Wildman–Crippen LogP) is 3.33. The van der Waals surface area contributed by atoms with Gasteiger partial charge in [-0.3, -0.25) is 9.59 Å². The second-order valence-electron chi connectivity index (χ2n) is 5.04. The molecule has 0 radical (unpaired) electrons. The lowest BCUT2D eigenvalue weighted by Gasteiger charge is -2.08. The zero-order chi connectivity index (χ0) is 16.1. The van der Waals surface area contributed by atoms with Crippen molar-refractivity contribution in [1.82, 2.24) is 5.32 Å². The first-order chi connectivity index (χ1) is 10.5. The van der Waals surface area contributed by atoms with Crippen LogP contribution < -0.4 is 10.6 Å². The van der Waals surface area contributed by atoms with Crippen LogP contribution in [-0.2, 0) is 4.79 Å². The lowest BCUT2D eigenvalue weighted by molar-refractivity contribution is -0.115. The Kier molecular flexibility index (Phi) is 5.17. The predicted molar refractivity (Wildman–Crippen MR) is 88.3 cm³/mol. The van der Waals surface area contributed by atoms with E-state index in [9.17, 15) is 9.59 Å². The van der Waals surface area contributed by atoms with Crippen molar-refractivity contribution >= 4 is 29.1 Å². The van der Waals surface area contributed by atoms with Crippen LogP contribution in [0.1, 0.15) is 21.5 Å². The molecule has 0 atom stereocenters. The molecule has 4 nitrogen and oxygen atoms in total. The number of carbonyl (C=O) groups excluding carboxylic acids is 2. The molecule has 2 aromatic rings. The fraction of sp³-hybridized carbons (Fsp3) is 0.176. The van der Waals surface area contributed by atoms with Crippen molar-refractivity contribution < 1.29 is 9.59 Å². The van der Waals surface area contributed by atoms with E-state index in [1.807, 2.05) is 19.9 Å². The van der Waals surface area contributed by atoms with Crippen LogP contribution in [-0.4, -0.2) is 18.4 Å². The number of halogens is 1. The number of nitrogens with one attached hydrogen (secondary N) is 2. The summed E-state index contributed by atoms with van der Waals surface area (Å²) >= 11 is 5.84. The normalized spacial score (nSPS) is 10.1. The van der Waals surface area contributed by atoms with Gasteiger partial charge in [-0.25, -0.2) is 0 Å². The molecule has 5 heteroatoms. The van der Waals surface area contributed by atoms with E-state index in [0.717, 1.165) is 11.1 Å². The van der Waals surface area contributed by atoms with Crippen molar-refractivity contribution in [3.63, 3.8) is 0 Å². The van der Waals surface area contributed by atoms with Crippen LogP contribution in [0.3, 0.4) is 0 Å². The van der Waals surface area contributed by atoms with E-state index in [0.29, 0.717) is 16.3 Å². The first kappa shape index (κ1) is 16.0. The van der Waals surface area contributed by atoms with Gasteiger partial charge in [0.15, 0.2) is 0 Å². The molecule has 0 fully saturated rings. The van der Waals surface area contributed by atoms with E-state index in [1.165, 1.54) is 0 Å². The van der Waals surface area contributed by atoms with Gasteiger partial charge >= 0.3 is 0 Å². The fourth-order valence-corrected chi connectivity index (χ4v) is 2.11. The quantitative estimate of drug-likeness (QED) is 0.909. The van der Waals surface area contributed by atoms with Crippen LogP contribution in [0.5, 0.6) is 0 Å². The van der Waals surface area contributed by atoms with Crippen LogP contribution in [0.4, 0.5) is 5.69 Å². The van der Waals surface area contributed by atoms with Crippen molar-refractivity contribution in [2.24, 2.45) is 0 Å². The highest BCUT2D eigenvalue weighted by Gasteiger charge is 2.09. The summed E-state index contributed by atoms with van der Waals surface area (Å²) in [7, 11) is 0. The Bertz CT molecular complexity index is 714. The summed E-state index contributed by atoms with van der Waals surface area (Å²) in [6.45, 7) is 3.83. The van der Waals surface area contributed by atoms with Crippen LogP contribution in [0.2, 0.25) is 5.02 Å². The number of aryl methyl sites for hydroxylation is 2. The molecule has 0 saturated carbocycles. The first-order valence-corrected chi connectivity index (χ1v) is 7.24. The minimum absolute atomic E-state index is 0.0989. The van der Waals surface area contributed by atoms with E-state index < -0.39 is 0 Å². The summed E-state index contributed by atoms with van der Waals surface area (Å²) < 4.78 is 0. The van der Waals surface area contributed by atoms with E-state index in [-0.39, 0.29) is 18.4 Å². The topological polar surface area (TPSA) is 58.2 Å². The largest absolute Gasteiger partial charge is 0.343 e. The number of amides is 2. The van der Waals surface area contributed by atoms with Gasteiger partial charge in [0.25, 0.3) is 5.91 Å². The summed E-state index contributed by atoms with van der Waals surface area (Å²) in [4.78, 5) is 23.8. The molecule has 0 saturated heterocycles. The number of rotatable bonds is 4. The SMILES string of the molecule is Cc1ccc(C(=O)NCC(=O)Nc2cccc(Cl)c2)cc1C. The Balaban J connectivity index is 1.90. The number of benzene rings is 2. The monoisotopic (exact) mass is 316 g/mol. The van der Waals surface area contributed by atoms with Crippen molar-refractivity contribution in [2.75, 3.05) is 11.9 Å². The zero-order valence-corrected chi connectivity index (χ0v) is 13.2. The van der Waals surface area contributed by atoms with Gasteiger partial charge in [0.2, 0.25) is 5.91 Å². The van der Waals surface area contributed by atoms with E-state index in [4.69, 9.17) is 11.6 Å². The molecule has 2 aromatic carbocycles. The van der Waals surface area contributed by atoms with Gasteiger partial charge in [-0.15, -0.1) is 0 Å². The van der Waals surface area contributed by atoms with E-state index in [1.54, 1.807) is 36.4 Å². The smallest absolute Gasteiger partial charge is 0.251 e. The molecule has 0 aromatic heterocycles. The molecule has 114 valence electrons. The Labute approximate surface area is 134 Å². The van der Waals surface area contributed by atoms with Gasteiger partial charge in [0.05, 0.1) is 6.54 Å². The second kappa shape index (κ2) is 7.09. The number of hydrogen-bond acceptors (Lipinski definition) is 2. The van der Waals surface area contributed by atoms with Gasteiger partial charge in [0, 0.05) is 16.3 Å². The molecular weight excluding hydrogens is 300 g/mol. The number of hydrogen-bond donors (Lipinski definition) is 2. The van der Waals surface area contributed by atoms with Gasteiger partial charge in [-0.2, -0.15) is 0 Å². The highest BCUT2D eigenvalue weighted by atomic mass is 35.5. The molecule has 0 bridgehead atoms. The Morgan fingerprint density at radius 1 is 1.05 bits per heavy atom. The third-order valence-electron chi connectivity index (χ3n) is 3.29. The first-order valence-electron chi connectivity index (χ1n) is 6.86. The van der Waals surface area contributed by atoms with Crippen LogP contribution in [0, 0.1) is 13.8 Å². The Hall–Kier alpha value is -2.33. The van der Waals surface area contributed by atoms with Crippen LogP contribution in [0.25, 0.3) is 0 Å². The van der Waals surface area contributed by atoms with Crippen LogP contribution >= 0.6 is 11.6 Å². The fourth-order valence-electron chi connectivity index (χ4n) is 1.92. The molecule has 0 spiro atoms. The molecule has 0 aliphatic rings. The van der Waals surface area contributed by atoms with Crippen molar-refractivity contribution in [3.05, 3.63) is 64.2 Å². The highest BCUT2D eigenvalue weighted by molar-refractivity contribution is 6.30. The third kappa shape index (κ3) is 4.33. The Morgan fingerprint density at radius 2 is 1.82 bits per heavy atom. The van der Waals surface area contributed by atoms with E-state index >= 15 is 0 Å². The maximum Gasteiger partial charge on any atom is 0.251 e. The maximum absolute atomic E-state index is 12.0. The summed E-state index contributed by atoms with van der Waals surface area (Å²) in [5, 5.41) is 5.81. The van der Waals surface area contributed by atoms with Gasteiger partial charge in [-0.1, -0.05) is 23.7 Å². The Morgan fingerprint density at radius 3 is 2.50 bits per heavy atom. The van der Waals surface area contributed by atoms with Gasteiger partial charge in [-0.05, 0) is 55.3 Å². The summed E-state index contributed by atoms with van der Waals surface area (Å²) in [6, 6.07) is 12.3. The summed E-state index contributed by atoms with van der Waals surface area (Å²) in [6.07, 6.45) is 0. The molecule has 2 amide bonds. The van der Waals surface area contributed by atoms with Crippen molar-refractivity contribution in [1.29, 1.82) is 0 Å². The average molecular weight is 317 g/mol. The maximum atomic E-state index is 12.0. The summed E-state index contributed by atoms with van der Waals surface area (Å²) in [5.74, 6) is -0.580. The zero-order valence-electron chi connectivity index (χ0n) is 12.4. The minimum atomic E-state index is -0.306. The second-order valence-corrected chi connectivity index (χ2v) is 5.48. The number of anilines is 1. The standard InChI is InChI=1S/C17H17ClN2O2/c1-11-6-7-13(8-12(11)2)17(22)19-10-16(21)20-15-5-3-4-14(18)9-15/h3-9H,10H2,1-2H3,(H,19,22)(H,20,21). The van der Waals surface area contributed by atoms with Gasteiger partial charge in [0.1, 0.15) is 0 Å². The molecule has 0 unspecified atom stereocenters. The lowest BCUT2D eigenvalue weighted by Crippen LogP contribution is -2.32. The molecule has 0 heterocycles. The minimum Gasteiger partial charge on any atom is -0.343 e. The van der Waals surface area contributed by atoms with Crippen LogP contribution in [0.15, 0.2) is 42.5 Å². The van der Waals surface area contributed by atoms with Crippen molar-refractivity contribution in [3.8, 4) is 0 Å². The molecular formula is C17H17ClN2O2. The molecule has 0 aliphatic heterocycles. The van der Waals surface area contributed by atoms with Gasteiger partial charge < -0.3 is 10.6 Å². The third-order valence-corrected chi connectivity index (χ3v) is 3.52. The average Bonchev–Trinajstić information content (AvgIpc) is 2.47. The highest BCUT2D eigenvalue weighted by Crippen LogP contribution is 2.14.